The summed E-state index contributed by atoms with van der Waals surface area (Å²) in [4.78, 5) is 14.2. The fourth-order valence-electron chi connectivity index (χ4n) is 3.19. The van der Waals surface area contributed by atoms with Crippen LogP contribution in [0.1, 0.15) is 12.8 Å². The van der Waals surface area contributed by atoms with Crippen molar-refractivity contribution >= 4 is 28.4 Å². The van der Waals surface area contributed by atoms with E-state index >= 15 is 0 Å². The number of benzene rings is 2. The fraction of sp³-hybridized carbons (Fsp3) is 0.250. The van der Waals surface area contributed by atoms with Crippen LogP contribution in [-0.2, 0) is 4.79 Å². The minimum atomic E-state index is -0.279. The van der Waals surface area contributed by atoms with Gasteiger partial charge in [-0.05, 0) is 37.1 Å². The van der Waals surface area contributed by atoms with Crippen molar-refractivity contribution in [2.24, 2.45) is 0 Å². The zero-order valence-electron chi connectivity index (χ0n) is 14.2. The van der Waals surface area contributed by atoms with Crippen LogP contribution in [0.4, 0.5) is 4.39 Å². The molecular formula is C20H18FN3OS. The van der Waals surface area contributed by atoms with Gasteiger partial charge in [-0.25, -0.2) is 4.39 Å². The Kier molecular flexibility index (Phi) is 4.84. The van der Waals surface area contributed by atoms with Gasteiger partial charge in [0, 0.05) is 29.4 Å². The largest absolute Gasteiger partial charge is 0.342 e. The highest BCUT2D eigenvalue weighted by Gasteiger charge is 2.19. The van der Waals surface area contributed by atoms with Crippen LogP contribution in [0.2, 0.25) is 0 Å². The number of likely N-dealkylation sites (tertiary alicyclic amines) is 1. The van der Waals surface area contributed by atoms with Gasteiger partial charge in [-0.1, -0.05) is 36.0 Å². The average Bonchev–Trinajstić information content (AvgIpc) is 3.21. The standard InChI is InChI=1S/C20H18FN3OS/c21-15-9-7-14(8-10-15)19-16-5-1-2-6-17(16)20(23-22-19)26-13-18(25)24-11-3-4-12-24/h1-2,5-10H,3-4,11-13H2. The van der Waals surface area contributed by atoms with E-state index in [2.05, 4.69) is 10.2 Å². The maximum Gasteiger partial charge on any atom is 0.232 e. The van der Waals surface area contributed by atoms with Gasteiger partial charge < -0.3 is 4.90 Å². The average molecular weight is 367 g/mol. The number of rotatable bonds is 4. The van der Waals surface area contributed by atoms with Gasteiger partial charge >= 0.3 is 0 Å². The smallest absolute Gasteiger partial charge is 0.232 e. The predicted molar refractivity (Wildman–Crippen MR) is 101 cm³/mol. The maximum atomic E-state index is 13.2. The predicted octanol–water partition coefficient (Wildman–Crippen LogP) is 4.15. The molecule has 1 amide bonds. The van der Waals surface area contributed by atoms with Crippen LogP contribution >= 0.6 is 11.8 Å². The Hall–Kier alpha value is -2.47. The number of carbonyl (C=O) groups is 1. The van der Waals surface area contributed by atoms with Crippen LogP contribution in [0, 0.1) is 5.82 Å². The van der Waals surface area contributed by atoms with Crippen molar-refractivity contribution in [3.8, 4) is 11.3 Å². The lowest BCUT2D eigenvalue weighted by atomic mass is 10.1. The van der Waals surface area contributed by atoms with Crippen molar-refractivity contribution in [2.75, 3.05) is 18.8 Å². The van der Waals surface area contributed by atoms with Crippen LogP contribution in [0.5, 0.6) is 0 Å². The number of halogens is 1. The summed E-state index contributed by atoms with van der Waals surface area (Å²) in [6.07, 6.45) is 2.18. The molecule has 0 atom stereocenters. The number of hydrogen-bond acceptors (Lipinski definition) is 4. The van der Waals surface area contributed by atoms with Crippen molar-refractivity contribution in [1.82, 2.24) is 15.1 Å². The molecule has 3 aromatic rings. The lowest BCUT2D eigenvalue weighted by Gasteiger charge is -2.15. The highest BCUT2D eigenvalue weighted by molar-refractivity contribution is 8.00. The molecule has 0 aliphatic carbocycles. The van der Waals surface area contributed by atoms with Crippen LogP contribution < -0.4 is 0 Å². The second-order valence-electron chi connectivity index (χ2n) is 6.28. The molecule has 0 N–H and O–H groups in total. The van der Waals surface area contributed by atoms with Crippen molar-refractivity contribution in [1.29, 1.82) is 0 Å². The summed E-state index contributed by atoms with van der Waals surface area (Å²) >= 11 is 1.43. The van der Waals surface area contributed by atoms with Crippen molar-refractivity contribution in [3.05, 3.63) is 54.3 Å². The Labute approximate surface area is 155 Å². The van der Waals surface area contributed by atoms with Gasteiger partial charge in [-0.2, -0.15) is 0 Å². The summed E-state index contributed by atoms with van der Waals surface area (Å²) in [5, 5.41) is 11.4. The third kappa shape index (κ3) is 3.42. The van der Waals surface area contributed by atoms with Gasteiger partial charge in [0.25, 0.3) is 0 Å². The second kappa shape index (κ2) is 7.41. The van der Waals surface area contributed by atoms with Crippen LogP contribution in [0.15, 0.2) is 53.6 Å². The Balaban J connectivity index is 1.63. The maximum absolute atomic E-state index is 13.2. The fourth-order valence-corrected chi connectivity index (χ4v) is 4.07. The highest BCUT2D eigenvalue weighted by atomic mass is 32.2. The Morgan fingerprint density at radius 1 is 1.00 bits per heavy atom. The summed E-state index contributed by atoms with van der Waals surface area (Å²) in [6.45, 7) is 1.71. The van der Waals surface area contributed by atoms with Crippen molar-refractivity contribution in [2.45, 2.75) is 17.9 Å². The van der Waals surface area contributed by atoms with Crippen LogP contribution in [-0.4, -0.2) is 39.8 Å². The minimum Gasteiger partial charge on any atom is -0.342 e. The number of amides is 1. The molecule has 0 saturated carbocycles. The van der Waals surface area contributed by atoms with Gasteiger partial charge in [0.1, 0.15) is 16.5 Å². The molecule has 1 saturated heterocycles. The molecule has 1 aromatic heterocycles. The Morgan fingerprint density at radius 3 is 2.42 bits per heavy atom. The van der Waals surface area contributed by atoms with Crippen molar-refractivity contribution < 1.29 is 9.18 Å². The summed E-state index contributed by atoms with van der Waals surface area (Å²) < 4.78 is 13.2. The third-order valence-corrected chi connectivity index (χ3v) is 5.53. The van der Waals surface area contributed by atoms with E-state index in [0.29, 0.717) is 5.75 Å². The second-order valence-corrected chi connectivity index (χ2v) is 7.25. The third-order valence-electron chi connectivity index (χ3n) is 4.56. The van der Waals surface area contributed by atoms with Gasteiger partial charge in [-0.15, -0.1) is 10.2 Å². The molecule has 1 fully saturated rings. The first-order valence-electron chi connectivity index (χ1n) is 8.64. The molecule has 1 aliphatic heterocycles. The lowest BCUT2D eigenvalue weighted by molar-refractivity contribution is -0.127. The lowest BCUT2D eigenvalue weighted by Crippen LogP contribution is -2.29. The SMILES string of the molecule is O=C(CSc1nnc(-c2ccc(F)cc2)c2ccccc12)N1CCCC1. The molecule has 4 rings (SSSR count). The first kappa shape index (κ1) is 17.0. The molecule has 0 bridgehead atoms. The molecule has 2 aromatic carbocycles. The number of nitrogens with zero attached hydrogens (tertiary/aromatic N) is 3. The Bertz CT molecular complexity index is 939. The monoisotopic (exact) mass is 367 g/mol. The molecule has 4 nitrogen and oxygen atoms in total. The van der Waals surface area contributed by atoms with Crippen LogP contribution in [0.25, 0.3) is 22.0 Å². The molecule has 1 aliphatic rings. The Morgan fingerprint density at radius 2 is 1.69 bits per heavy atom. The molecule has 0 unspecified atom stereocenters. The van der Waals surface area contributed by atoms with E-state index in [-0.39, 0.29) is 11.7 Å². The van der Waals surface area contributed by atoms with Gasteiger partial charge in [-0.3, -0.25) is 4.79 Å². The normalized spacial score (nSPS) is 14.1. The summed E-state index contributed by atoms with van der Waals surface area (Å²) in [5.41, 5.74) is 1.54. The molecule has 0 radical (unpaired) electrons. The number of aromatic nitrogens is 2. The van der Waals surface area contributed by atoms with Gasteiger partial charge in [0.05, 0.1) is 5.75 Å². The zero-order valence-corrected chi connectivity index (χ0v) is 15.0. The molecule has 0 spiro atoms. The molecule has 132 valence electrons. The highest BCUT2D eigenvalue weighted by Crippen LogP contribution is 2.32. The van der Waals surface area contributed by atoms with Crippen LogP contribution in [0.3, 0.4) is 0 Å². The summed E-state index contributed by atoms with van der Waals surface area (Å²) in [6, 6.07) is 14.1. The first-order valence-corrected chi connectivity index (χ1v) is 9.63. The van der Waals surface area contributed by atoms with E-state index in [1.807, 2.05) is 29.2 Å². The summed E-state index contributed by atoms with van der Waals surface area (Å²) in [7, 11) is 0. The minimum absolute atomic E-state index is 0.154. The molecule has 2 heterocycles. The molecule has 26 heavy (non-hydrogen) atoms. The number of thioether (sulfide) groups is 1. The topological polar surface area (TPSA) is 46.1 Å². The van der Waals surface area contributed by atoms with E-state index < -0.39 is 0 Å². The van der Waals surface area contributed by atoms with Crippen molar-refractivity contribution in [3.63, 3.8) is 0 Å². The van der Waals surface area contributed by atoms with E-state index in [1.165, 1.54) is 23.9 Å². The van der Waals surface area contributed by atoms with E-state index in [4.69, 9.17) is 0 Å². The van der Waals surface area contributed by atoms with Gasteiger partial charge in [0.2, 0.25) is 5.91 Å². The van der Waals surface area contributed by atoms with E-state index in [9.17, 15) is 9.18 Å². The summed E-state index contributed by atoms with van der Waals surface area (Å²) in [5.74, 6) is 0.244. The number of hydrogen-bond donors (Lipinski definition) is 0. The van der Waals surface area contributed by atoms with E-state index in [0.717, 1.165) is 53.0 Å². The van der Waals surface area contributed by atoms with Gasteiger partial charge in [0.15, 0.2) is 0 Å². The van der Waals surface area contributed by atoms with E-state index in [1.54, 1.807) is 12.1 Å². The molecular weight excluding hydrogens is 349 g/mol. The number of fused-ring (bicyclic) bond motifs is 1. The first-order chi connectivity index (χ1) is 12.7. The zero-order chi connectivity index (χ0) is 17.9. The molecule has 6 heteroatoms. The quantitative estimate of drug-likeness (QED) is 0.650. The number of carbonyl (C=O) groups excluding carboxylic acids is 1.